The molecule has 214 valence electrons. The van der Waals surface area contributed by atoms with Gasteiger partial charge in [0.15, 0.2) is 21.2 Å². The van der Waals surface area contributed by atoms with Gasteiger partial charge in [0.1, 0.15) is 0 Å². The van der Waals surface area contributed by atoms with Gasteiger partial charge < -0.3 is 9.84 Å². The fourth-order valence-corrected chi connectivity index (χ4v) is 8.28. The van der Waals surface area contributed by atoms with E-state index in [1.165, 1.54) is 11.9 Å². The number of carbonyl (C=O) groups is 4. The molecule has 10 heteroatoms. The Kier molecular flexibility index (Phi) is 6.51. The molecule has 2 aliphatic heterocycles. The van der Waals surface area contributed by atoms with Crippen molar-refractivity contribution in [2.45, 2.75) is 48.8 Å². The van der Waals surface area contributed by atoms with Gasteiger partial charge in [0.25, 0.3) is 11.8 Å². The second-order valence-electron chi connectivity index (χ2n) is 11.2. The molecule has 2 aromatic rings. The lowest BCUT2D eigenvalue weighted by atomic mass is 9.56. The van der Waals surface area contributed by atoms with Crippen molar-refractivity contribution in [3.8, 4) is 11.5 Å². The second-order valence-corrected chi connectivity index (χ2v) is 12.4. The number of ether oxygens (including phenoxy) is 1. The number of amides is 4. The van der Waals surface area contributed by atoms with Gasteiger partial charge in [-0.2, -0.15) is 0 Å². The highest BCUT2D eigenvalue weighted by atomic mass is 35.5. The van der Waals surface area contributed by atoms with Crippen LogP contribution in [0, 0.1) is 17.8 Å². The number of benzene rings is 2. The average molecular weight is 597 g/mol. The quantitative estimate of drug-likeness (QED) is 0.308. The number of halogens is 2. The van der Waals surface area contributed by atoms with Crippen LogP contribution in [-0.4, -0.2) is 57.0 Å². The van der Waals surface area contributed by atoms with Crippen molar-refractivity contribution in [3.05, 3.63) is 65.2 Å². The standard InChI is InChI=1S/C31H30Cl2N2O6/c1-4-16-9-11-17(12-10-16)35-26(37)19-14-13-18-21(23(19)27(35)38)15-30(32)28(39)34(3)29(40)31(30,33)24(18)20-7-6-8-22(25(20)36)41-5-2/h6-13,19,21,23-24,36H,4-5,14-15H2,1-3H3/t19-,21+,23-,24+,30+,31-/m0/s1. The number of para-hydroxylation sites is 1. The van der Waals surface area contributed by atoms with Crippen molar-refractivity contribution < 1.29 is 29.0 Å². The number of carbonyl (C=O) groups excluding carboxylic acids is 4. The van der Waals surface area contributed by atoms with Crippen LogP contribution in [0.5, 0.6) is 11.5 Å². The van der Waals surface area contributed by atoms with E-state index >= 15 is 0 Å². The van der Waals surface area contributed by atoms with E-state index in [1.807, 2.05) is 25.1 Å². The van der Waals surface area contributed by atoms with Crippen LogP contribution in [0.4, 0.5) is 5.69 Å². The van der Waals surface area contributed by atoms with Gasteiger partial charge >= 0.3 is 0 Å². The van der Waals surface area contributed by atoms with E-state index in [9.17, 15) is 24.3 Å². The van der Waals surface area contributed by atoms with Gasteiger partial charge in [-0.1, -0.05) is 42.8 Å². The van der Waals surface area contributed by atoms with E-state index in [2.05, 4.69) is 0 Å². The van der Waals surface area contributed by atoms with Crippen LogP contribution < -0.4 is 9.64 Å². The molecule has 8 nitrogen and oxygen atoms in total. The van der Waals surface area contributed by atoms with Crippen LogP contribution >= 0.6 is 23.2 Å². The number of nitrogens with zero attached hydrogens (tertiary/aromatic N) is 2. The molecule has 2 aliphatic carbocycles. The van der Waals surface area contributed by atoms with Crippen molar-refractivity contribution >= 4 is 52.5 Å². The molecule has 2 heterocycles. The molecule has 0 bridgehead atoms. The summed E-state index contributed by atoms with van der Waals surface area (Å²) in [4.78, 5) is 53.3. The molecule has 41 heavy (non-hydrogen) atoms. The fraction of sp³-hybridized carbons (Fsp3) is 0.419. The maximum atomic E-state index is 14.1. The molecule has 2 aromatic carbocycles. The molecule has 0 aromatic heterocycles. The third-order valence-electron chi connectivity index (χ3n) is 9.26. The van der Waals surface area contributed by atoms with E-state index in [-0.39, 0.29) is 48.3 Å². The third-order valence-corrected chi connectivity index (χ3v) is 10.7. The molecular formula is C31H30Cl2N2O6. The number of aryl methyl sites for hydroxylation is 1. The number of likely N-dealkylation sites (tertiary alicyclic amines) is 1. The molecular weight excluding hydrogens is 567 g/mol. The van der Waals surface area contributed by atoms with Gasteiger partial charge in [0.2, 0.25) is 11.8 Å². The zero-order valence-electron chi connectivity index (χ0n) is 22.9. The second kappa shape index (κ2) is 9.60. The summed E-state index contributed by atoms with van der Waals surface area (Å²) >= 11 is 14.4. The molecule has 4 aliphatic rings. The molecule has 0 spiro atoms. The normalized spacial score (nSPS) is 32.6. The van der Waals surface area contributed by atoms with Crippen LogP contribution in [0.1, 0.15) is 43.7 Å². The molecule has 0 unspecified atom stereocenters. The summed E-state index contributed by atoms with van der Waals surface area (Å²) < 4.78 is 5.61. The van der Waals surface area contributed by atoms with Crippen LogP contribution in [0.25, 0.3) is 0 Å². The topological polar surface area (TPSA) is 104 Å². The van der Waals surface area contributed by atoms with Crippen molar-refractivity contribution in [2.75, 3.05) is 18.6 Å². The van der Waals surface area contributed by atoms with Crippen molar-refractivity contribution in [1.82, 2.24) is 4.90 Å². The Morgan fingerprint density at radius 3 is 2.34 bits per heavy atom. The summed E-state index contributed by atoms with van der Waals surface area (Å²) in [5.74, 6) is -5.25. The van der Waals surface area contributed by atoms with Crippen molar-refractivity contribution in [1.29, 1.82) is 0 Å². The average Bonchev–Trinajstić information content (AvgIpc) is 3.29. The van der Waals surface area contributed by atoms with E-state index in [1.54, 1.807) is 37.3 Å². The number of fused-ring (bicyclic) bond motifs is 4. The first-order valence-corrected chi connectivity index (χ1v) is 14.6. The third kappa shape index (κ3) is 3.59. The molecule has 4 amide bonds. The van der Waals surface area contributed by atoms with Gasteiger partial charge in [0, 0.05) is 18.5 Å². The number of anilines is 1. The van der Waals surface area contributed by atoms with E-state index < -0.39 is 45.2 Å². The first-order chi connectivity index (χ1) is 19.5. The number of aromatic hydroxyl groups is 1. The number of hydrogen-bond donors (Lipinski definition) is 1. The van der Waals surface area contributed by atoms with Crippen LogP contribution in [-0.2, 0) is 25.6 Å². The number of alkyl halides is 2. The summed E-state index contributed by atoms with van der Waals surface area (Å²) in [5, 5.41) is 11.3. The molecule has 0 radical (unpaired) electrons. The van der Waals surface area contributed by atoms with Crippen LogP contribution in [0.2, 0.25) is 0 Å². The number of imide groups is 2. The van der Waals surface area contributed by atoms with Gasteiger partial charge in [-0.3, -0.25) is 29.0 Å². The fourth-order valence-electron chi connectivity index (χ4n) is 7.27. The zero-order valence-corrected chi connectivity index (χ0v) is 24.4. The number of phenols is 1. The smallest absolute Gasteiger partial charge is 0.253 e. The lowest BCUT2D eigenvalue weighted by Crippen LogP contribution is -2.60. The molecule has 2 saturated heterocycles. The minimum Gasteiger partial charge on any atom is -0.504 e. The number of phenolic OH excluding ortho intramolecular Hbond substituents is 1. The van der Waals surface area contributed by atoms with Crippen LogP contribution in [0.15, 0.2) is 54.1 Å². The predicted octanol–water partition coefficient (Wildman–Crippen LogP) is 4.55. The lowest BCUT2D eigenvalue weighted by molar-refractivity contribution is -0.138. The Morgan fingerprint density at radius 1 is 0.976 bits per heavy atom. The largest absolute Gasteiger partial charge is 0.504 e. The van der Waals surface area contributed by atoms with Gasteiger partial charge in [-0.25, -0.2) is 0 Å². The lowest BCUT2D eigenvalue weighted by Gasteiger charge is -2.50. The first kappa shape index (κ1) is 27.8. The molecule has 3 fully saturated rings. The summed E-state index contributed by atoms with van der Waals surface area (Å²) in [6.07, 6.45) is 2.80. The van der Waals surface area contributed by atoms with Crippen molar-refractivity contribution in [3.63, 3.8) is 0 Å². The molecule has 1 N–H and O–H groups in total. The predicted molar refractivity (Wildman–Crippen MR) is 153 cm³/mol. The van der Waals surface area contributed by atoms with Gasteiger partial charge in [-0.15, -0.1) is 23.2 Å². The Labute approximate surface area is 247 Å². The minimum atomic E-state index is -1.97. The maximum Gasteiger partial charge on any atom is 0.253 e. The maximum absolute atomic E-state index is 14.1. The number of hydrogen-bond acceptors (Lipinski definition) is 6. The van der Waals surface area contributed by atoms with Gasteiger partial charge in [-0.05, 0) is 55.9 Å². The Balaban J connectivity index is 1.51. The first-order valence-electron chi connectivity index (χ1n) is 13.8. The number of allylic oxidation sites excluding steroid dienone is 2. The Morgan fingerprint density at radius 2 is 1.68 bits per heavy atom. The highest BCUT2D eigenvalue weighted by Crippen LogP contribution is 2.66. The Bertz CT molecular complexity index is 1520. The molecule has 6 atom stereocenters. The van der Waals surface area contributed by atoms with E-state index in [0.29, 0.717) is 11.3 Å². The molecule has 1 saturated carbocycles. The highest BCUT2D eigenvalue weighted by Gasteiger charge is 2.76. The summed E-state index contributed by atoms with van der Waals surface area (Å²) in [5.41, 5.74) is 2.45. The monoisotopic (exact) mass is 596 g/mol. The highest BCUT2D eigenvalue weighted by molar-refractivity contribution is 6.53. The molecule has 6 rings (SSSR count). The minimum absolute atomic E-state index is 0.107. The summed E-state index contributed by atoms with van der Waals surface area (Å²) in [6, 6.07) is 12.2. The summed E-state index contributed by atoms with van der Waals surface area (Å²) in [7, 11) is 1.33. The zero-order chi connectivity index (χ0) is 29.4. The van der Waals surface area contributed by atoms with Crippen LogP contribution in [0.3, 0.4) is 0 Å². The SMILES string of the molecule is CCOc1cccc([C@H]2C3=CC[C@@H]4C(=O)N(c5ccc(CC)cc5)C(=O)[C@@H]4[C@@H]3C[C@@]3(Cl)C(=O)N(C)C(=O)[C@@]23Cl)c1O. The van der Waals surface area contributed by atoms with Gasteiger partial charge in [0.05, 0.1) is 24.1 Å². The van der Waals surface area contributed by atoms with E-state index in [0.717, 1.165) is 16.9 Å². The van der Waals surface area contributed by atoms with Crippen molar-refractivity contribution in [2.24, 2.45) is 17.8 Å². The number of rotatable bonds is 5. The Hall–Kier alpha value is -3.36. The summed E-state index contributed by atoms with van der Waals surface area (Å²) in [6.45, 7) is 4.08. The van der Waals surface area contributed by atoms with E-state index in [4.69, 9.17) is 27.9 Å².